The molecule has 154 valence electrons. The highest BCUT2D eigenvalue weighted by molar-refractivity contribution is 5.95. The summed E-state index contributed by atoms with van der Waals surface area (Å²) in [6, 6.07) is 4.04. The van der Waals surface area contributed by atoms with Crippen molar-refractivity contribution in [2.45, 2.75) is 51.6 Å². The summed E-state index contributed by atoms with van der Waals surface area (Å²) in [5, 5.41) is 9.13. The van der Waals surface area contributed by atoms with Crippen molar-refractivity contribution < 1.29 is 14.0 Å². The number of nitrogens with zero attached hydrogens (tertiary/aromatic N) is 1. The molecule has 1 aromatic carbocycles. The van der Waals surface area contributed by atoms with Crippen molar-refractivity contribution in [2.75, 3.05) is 31.5 Å². The van der Waals surface area contributed by atoms with Crippen molar-refractivity contribution in [1.82, 2.24) is 15.5 Å². The highest BCUT2D eigenvalue weighted by Gasteiger charge is 2.29. The first-order valence-electron chi connectivity index (χ1n) is 10.3. The fraction of sp³-hybridized carbons (Fsp3) is 0.619. The number of hydrogen-bond acceptors (Lipinski definition) is 4. The van der Waals surface area contributed by atoms with Gasteiger partial charge in [-0.2, -0.15) is 0 Å². The van der Waals surface area contributed by atoms with Gasteiger partial charge in [0.05, 0.1) is 12.1 Å². The second-order valence-corrected chi connectivity index (χ2v) is 8.02. The third-order valence-electron chi connectivity index (χ3n) is 5.88. The van der Waals surface area contributed by atoms with E-state index in [4.69, 9.17) is 0 Å². The molecule has 7 heteroatoms. The standard InChI is InChI=1S/C21H31FN4O2/c1-14-7-8-17(22)11-19(14)25-20(27)15(2)26-10-4-5-16(13-26)12-24-21(28)18-6-3-9-23-18/h7-8,11,15-16,18,23H,3-6,9-10,12-13H2,1-2H3,(H,24,28)(H,25,27). The molecule has 2 fully saturated rings. The van der Waals surface area contributed by atoms with Crippen LogP contribution in [-0.2, 0) is 9.59 Å². The monoisotopic (exact) mass is 390 g/mol. The third-order valence-corrected chi connectivity index (χ3v) is 5.88. The molecule has 0 saturated carbocycles. The summed E-state index contributed by atoms with van der Waals surface area (Å²) >= 11 is 0. The molecule has 0 aliphatic carbocycles. The lowest BCUT2D eigenvalue weighted by Crippen LogP contribution is -2.50. The molecule has 3 unspecified atom stereocenters. The van der Waals surface area contributed by atoms with Crippen LogP contribution in [0.3, 0.4) is 0 Å². The molecule has 6 nitrogen and oxygen atoms in total. The van der Waals surface area contributed by atoms with Gasteiger partial charge in [0.25, 0.3) is 0 Å². The highest BCUT2D eigenvalue weighted by atomic mass is 19.1. The van der Waals surface area contributed by atoms with E-state index in [1.54, 1.807) is 6.07 Å². The predicted octanol–water partition coefficient (Wildman–Crippen LogP) is 2.04. The predicted molar refractivity (Wildman–Crippen MR) is 108 cm³/mol. The van der Waals surface area contributed by atoms with Crippen LogP contribution in [0.15, 0.2) is 18.2 Å². The number of aryl methyl sites for hydroxylation is 1. The number of nitrogens with one attached hydrogen (secondary N) is 3. The molecular weight excluding hydrogens is 359 g/mol. The number of likely N-dealkylation sites (tertiary alicyclic amines) is 1. The van der Waals surface area contributed by atoms with Gasteiger partial charge in [0, 0.05) is 18.8 Å². The summed E-state index contributed by atoms with van der Waals surface area (Å²) in [6.45, 7) is 6.91. The number of carbonyl (C=O) groups excluding carboxylic acids is 2. The van der Waals surface area contributed by atoms with Gasteiger partial charge in [0.15, 0.2) is 0 Å². The molecule has 2 aliphatic rings. The molecular formula is C21H31FN4O2. The molecule has 0 aromatic heterocycles. The van der Waals surface area contributed by atoms with Gasteiger partial charge in [-0.05, 0) is 76.2 Å². The van der Waals surface area contributed by atoms with E-state index in [1.807, 2.05) is 13.8 Å². The lowest BCUT2D eigenvalue weighted by Gasteiger charge is -2.36. The quantitative estimate of drug-likeness (QED) is 0.695. The molecule has 3 atom stereocenters. The van der Waals surface area contributed by atoms with Crippen LogP contribution in [0, 0.1) is 18.7 Å². The Labute approximate surface area is 166 Å². The molecule has 0 spiro atoms. The molecule has 28 heavy (non-hydrogen) atoms. The van der Waals surface area contributed by atoms with Crippen molar-refractivity contribution in [2.24, 2.45) is 5.92 Å². The number of carbonyl (C=O) groups is 2. The third kappa shape index (κ3) is 5.29. The Hall–Kier alpha value is -1.99. The zero-order chi connectivity index (χ0) is 20.1. The van der Waals surface area contributed by atoms with Crippen LogP contribution in [-0.4, -0.2) is 55.0 Å². The number of piperidine rings is 1. The van der Waals surface area contributed by atoms with Gasteiger partial charge in [-0.25, -0.2) is 4.39 Å². The van der Waals surface area contributed by atoms with Gasteiger partial charge in [0.1, 0.15) is 5.82 Å². The van der Waals surface area contributed by atoms with Gasteiger partial charge in [-0.3, -0.25) is 14.5 Å². The summed E-state index contributed by atoms with van der Waals surface area (Å²) < 4.78 is 13.5. The Balaban J connectivity index is 1.50. The van der Waals surface area contributed by atoms with Crippen LogP contribution >= 0.6 is 0 Å². The first-order chi connectivity index (χ1) is 13.4. The maximum atomic E-state index is 13.5. The smallest absolute Gasteiger partial charge is 0.241 e. The normalized spacial score (nSPS) is 24.0. The Morgan fingerprint density at radius 1 is 1.32 bits per heavy atom. The number of benzene rings is 1. The SMILES string of the molecule is Cc1ccc(F)cc1NC(=O)C(C)N1CCCC(CNC(=O)C2CCCN2)C1. The Bertz CT molecular complexity index is 706. The second kappa shape index (κ2) is 9.47. The van der Waals surface area contributed by atoms with E-state index in [2.05, 4.69) is 20.9 Å². The van der Waals surface area contributed by atoms with Gasteiger partial charge in [-0.15, -0.1) is 0 Å². The average Bonchev–Trinajstić information content (AvgIpc) is 3.23. The van der Waals surface area contributed by atoms with Crippen molar-refractivity contribution in [3.63, 3.8) is 0 Å². The van der Waals surface area contributed by atoms with Crippen molar-refractivity contribution >= 4 is 17.5 Å². The molecule has 2 aliphatic heterocycles. The van der Waals surface area contributed by atoms with Crippen LogP contribution in [0.1, 0.15) is 38.2 Å². The van der Waals surface area contributed by atoms with E-state index in [0.29, 0.717) is 18.2 Å². The van der Waals surface area contributed by atoms with Crippen molar-refractivity contribution in [3.05, 3.63) is 29.6 Å². The molecule has 0 radical (unpaired) electrons. The summed E-state index contributed by atoms with van der Waals surface area (Å²) in [5.74, 6) is -0.0696. The van der Waals surface area contributed by atoms with E-state index in [9.17, 15) is 14.0 Å². The fourth-order valence-electron chi connectivity index (χ4n) is 4.02. The summed E-state index contributed by atoms with van der Waals surface area (Å²) in [6.07, 6.45) is 4.00. The lowest BCUT2D eigenvalue weighted by atomic mass is 9.96. The summed E-state index contributed by atoms with van der Waals surface area (Å²) in [4.78, 5) is 27.0. The van der Waals surface area contributed by atoms with E-state index >= 15 is 0 Å². The molecule has 3 N–H and O–H groups in total. The molecule has 1 aromatic rings. The van der Waals surface area contributed by atoms with E-state index in [1.165, 1.54) is 12.1 Å². The molecule has 3 rings (SSSR count). The lowest BCUT2D eigenvalue weighted by molar-refractivity contribution is -0.124. The maximum absolute atomic E-state index is 13.5. The largest absolute Gasteiger partial charge is 0.354 e. The Morgan fingerprint density at radius 3 is 2.89 bits per heavy atom. The number of amides is 2. The number of halogens is 1. The first kappa shape index (κ1) is 20.7. The van der Waals surface area contributed by atoms with Gasteiger partial charge < -0.3 is 16.0 Å². The van der Waals surface area contributed by atoms with E-state index in [0.717, 1.165) is 50.9 Å². The topological polar surface area (TPSA) is 73.5 Å². The zero-order valence-corrected chi connectivity index (χ0v) is 16.8. The van der Waals surface area contributed by atoms with Crippen LogP contribution in [0.25, 0.3) is 0 Å². The zero-order valence-electron chi connectivity index (χ0n) is 16.8. The van der Waals surface area contributed by atoms with Crippen LogP contribution in [0.4, 0.5) is 10.1 Å². The van der Waals surface area contributed by atoms with Crippen LogP contribution < -0.4 is 16.0 Å². The molecule has 2 amide bonds. The van der Waals surface area contributed by atoms with Crippen LogP contribution in [0.5, 0.6) is 0 Å². The van der Waals surface area contributed by atoms with E-state index < -0.39 is 0 Å². The first-order valence-corrected chi connectivity index (χ1v) is 10.3. The van der Waals surface area contributed by atoms with Gasteiger partial charge in [-0.1, -0.05) is 6.07 Å². The second-order valence-electron chi connectivity index (χ2n) is 8.02. The number of anilines is 1. The van der Waals surface area contributed by atoms with Gasteiger partial charge in [0.2, 0.25) is 11.8 Å². The molecule has 0 bridgehead atoms. The number of hydrogen-bond donors (Lipinski definition) is 3. The minimum absolute atomic E-state index is 0.0566. The minimum atomic E-state index is -0.362. The van der Waals surface area contributed by atoms with Crippen LogP contribution in [0.2, 0.25) is 0 Å². The minimum Gasteiger partial charge on any atom is -0.354 e. The fourth-order valence-corrected chi connectivity index (χ4v) is 4.02. The Kier molecular flexibility index (Phi) is 7.02. The maximum Gasteiger partial charge on any atom is 0.241 e. The van der Waals surface area contributed by atoms with Gasteiger partial charge >= 0.3 is 0 Å². The van der Waals surface area contributed by atoms with E-state index in [-0.39, 0.29) is 29.7 Å². The molecule has 2 saturated heterocycles. The number of rotatable bonds is 6. The summed E-state index contributed by atoms with van der Waals surface area (Å²) in [5.41, 5.74) is 1.35. The van der Waals surface area contributed by atoms with Crippen molar-refractivity contribution in [1.29, 1.82) is 0 Å². The molecule has 2 heterocycles. The highest BCUT2D eigenvalue weighted by Crippen LogP contribution is 2.21. The average molecular weight is 391 g/mol. The summed E-state index contributed by atoms with van der Waals surface area (Å²) in [7, 11) is 0. The van der Waals surface area contributed by atoms with Crippen molar-refractivity contribution in [3.8, 4) is 0 Å². The Morgan fingerprint density at radius 2 is 2.14 bits per heavy atom.